The van der Waals surface area contributed by atoms with Gasteiger partial charge < -0.3 is 10.1 Å². The van der Waals surface area contributed by atoms with Crippen molar-refractivity contribution in [2.45, 2.75) is 31.2 Å². The van der Waals surface area contributed by atoms with Gasteiger partial charge in [0, 0.05) is 6.54 Å². The maximum atomic E-state index is 12.9. The molecule has 0 saturated heterocycles. The van der Waals surface area contributed by atoms with E-state index in [0.29, 0.717) is 0 Å². The van der Waals surface area contributed by atoms with Crippen molar-refractivity contribution in [3.8, 4) is 0 Å². The Morgan fingerprint density at radius 2 is 1.59 bits per heavy atom. The number of aryl methyl sites for hydroxylation is 1. The van der Waals surface area contributed by atoms with Crippen LogP contribution in [0.3, 0.4) is 0 Å². The summed E-state index contributed by atoms with van der Waals surface area (Å²) in [4.78, 5) is 50.5. The maximum absolute atomic E-state index is 12.9. The molecule has 0 unspecified atom stereocenters. The van der Waals surface area contributed by atoms with Crippen LogP contribution in [0.5, 0.6) is 0 Å². The average molecular weight is 488 g/mol. The predicted octanol–water partition coefficient (Wildman–Crippen LogP) is 1.01. The lowest BCUT2D eigenvalue weighted by atomic mass is 10.1. The average Bonchev–Trinajstić information content (AvgIpc) is 3.05. The molecule has 180 valence electrons. The molecule has 1 heterocycles. The first-order chi connectivity index (χ1) is 16.1. The largest absolute Gasteiger partial charge is 0.465 e. The number of nitrogens with zero attached hydrogens (tertiary/aromatic N) is 1. The number of ether oxygens (including phenoxy) is 1. The minimum absolute atomic E-state index is 0.0537. The molecule has 3 amide bonds. The summed E-state index contributed by atoms with van der Waals surface area (Å²) in [6.45, 7) is 2.87. The molecule has 3 rings (SSSR count). The summed E-state index contributed by atoms with van der Waals surface area (Å²) in [7, 11) is -4.11. The van der Waals surface area contributed by atoms with Crippen molar-refractivity contribution >= 4 is 33.7 Å². The summed E-state index contributed by atoms with van der Waals surface area (Å²) >= 11 is 0. The third-order valence-corrected chi connectivity index (χ3v) is 6.66. The number of benzene rings is 2. The number of imide groups is 1. The van der Waals surface area contributed by atoms with Crippen LogP contribution in [0.4, 0.5) is 0 Å². The molecular formula is C23H25N3O7S. The molecule has 0 fully saturated rings. The molecule has 11 heteroatoms. The van der Waals surface area contributed by atoms with Crippen molar-refractivity contribution < 1.29 is 32.3 Å². The lowest BCUT2D eigenvalue weighted by molar-refractivity contribution is -0.143. The number of hydrogen-bond donors (Lipinski definition) is 2. The van der Waals surface area contributed by atoms with Gasteiger partial charge in [-0.15, -0.1) is 0 Å². The van der Waals surface area contributed by atoms with Crippen LogP contribution in [0.2, 0.25) is 0 Å². The van der Waals surface area contributed by atoms with Gasteiger partial charge in [0.2, 0.25) is 15.9 Å². The van der Waals surface area contributed by atoms with E-state index in [1.54, 1.807) is 38.1 Å². The smallest absolute Gasteiger partial charge is 0.325 e. The SMILES string of the molecule is CCOC(=O)CNC(=O)[C@H](CCN1C(=O)c2ccccc2C1=O)NS(=O)(=O)c1ccc(C)cc1. The van der Waals surface area contributed by atoms with Crippen molar-refractivity contribution in [2.75, 3.05) is 19.7 Å². The second kappa shape index (κ2) is 10.6. The Bertz CT molecular complexity index is 1170. The van der Waals surface area contributed by atoms with E-state index in [-0.39, 0.29) is 35.6 Å². The van der Waals surface area contributed by atoms with Crippen molar-refractivity contribution in [3.05, 3.63) is 65.2 Å². The maximum Gasteiger partial charge on any atom is 0.325 e. The highest BCUT2D eigenvalue weighted by atomic mass is 32.2. The summed E-state index contributed by atoms with van der Waals surface area (Å²) in [6, 6.07) is 11.0. The van der Waals surface area contributed by atoms with Crippen molar-refractivity contribution in [1.82, 2.24) is 14.9 Å². The molecule has 0 spiro atoms. The minimum Gasteiger partial charge on any atom is -0.465 e. The van der Waals surface area contributed by atoms with Gasteiger partial charge in [-0.1, -0.05) is 29.8 Å². The van der Waals surface area contributed by atoms with E-state index < -0.39 is 46.3 Å². The van der Waals surface area contributed by atoms with Crippen LogP contribution < -0.4 is 10.0 Å². The number of esters is 1. The quantitative estimate of drug-likeness (QED) is 0.377. The highest BCUT2D eigenvalue weighted by molar-refractivity contribution is 7.89. The monoisotopic (exact) mass is 487 g/mol. The van der Waals surface area contributed by atoms with Gasteiger partial charge in [-0.2, -0.15) is 4.72 Å². The zero-order chi connectivity index (χ0) is 24.9. The lowest BCUT2D eigenvalue weighted by Gasteiger charge is -2.21. The molecule has 10 nitrogen and oxygen atoms in total. The standard InChI is InChI=1S/C23H25N3O7S/c1-3-33-20(27)14-24-21(28)19(25-34(31,32)16-10-8-15(2)9-11-16)12-13-26-22(29)17-6-4-5-7-18(17)23(26)30/h4-11,19,25H,3,12-14H2,1-2H3,(H,24,28)/t19-/m0/s1. The van der Waals surface area contributed by atoms with E-state index in [0.717, 1.165) is 10.5 Å². The molecular weight excluding hydrogens is 462 g/mol. The zero-order valence-corrected chi connectivity index (χ0v) is 19.6. The van der Waals surface area contributed by atoms with E-state index in [9.17, 15) is 27.6 Å². The van der Waals surface area contributed by atoms with Gasteiger partial charge in [0.05, 0.1) is 22.6 Å². The van der Waals surface area contributed by atoms with Crippen molar-refractivity contribution in [1.29, 1.82) is 0 Å². The minimum atomic E-state index is -4.11. The van der Waals surface area contributed by atoms with Crippen LogP contribution in [0.25, 0.3) is 0 Å². The number of fused-ring (bicyclic) bond motifs is 1. The molecule has 0 saturated carbocycles. The number of amides is 3. The van der Waals surface area contributed by atoms with E-state index in [4.69, 9.17) is 4.74 Å². The molecule has 1 aliphatic heterocycles. The molecule has 0 radical (unpaired) electrons. The number of nitrogens with one attached hydrogen (secondary N) is 2. The molecule has 34 heavy (non-hydrogen) atoms. The number of sulfonamides is 1. The molecule has 1 atom stereocenters. The van der Waals surface area contributed by atoms with Crippen LogP contribution in [-0.4, -0.2) is 62.7 Å². The fourth-order valence-corrected chi connectivity index (χ4v) is 4.64. The fraction of sp³-hybridized carbons (Fsp3) is 0.304. The molecule has 0 aromatic heterocycles. The third-order valence-electron chi connectivity index (χ3n) is 5.18. The summed E-state index contributed by atoms with van der Waals surface area (Å²) in [5.74, 6) is -2.52. The first kappa shape index (κ1) is 25.1. The van der Waals surface area contributed by atoms with Gasteiger partial charge in [0.25, 0.3) is 11.8 Å². The van der Waals surface area contributed by atoms with Crippen LogP contribution in [0, 0.1) is 6.92 Å². The predicted molar refractivity (Wildman–Crippen MR) is 121 cm³/mol. The van der Waals surface area contributed by atoms with E-state index in [1.807, 2.05) is 0 Å². The Hall–Kier alpha value is -3.57. The summed E-state index contributed by atoms with van der Waals surface area (Å²) in [6.07, 6.45) is -0.203. The molecule has 2 aromatic carbocycles. The lowest BCUT2D eigenvalue weighted by Crippen LogP contribution is -2.49. The van der Waals surface area contributed by atoms with Gasteiger partial charge in [-0.05, 0) is 44.5 Å². The van der Waals surface area contributed by atoms with Crippen LogP contribution in [0.1, 0.15) is 39.6 Å². The van der Waals surface area contributed by atoms with Crippen LogP contribution >= 0.6 is 0 Å². The van der Waals surface area contributed by atoms with Gasteiger partial charge in [0.15, 0.2) is 0 Å². The summed E-state index contributed by atoms with van der Waals surface area (Å²) in [5.41, 5.74) is 1.35. The number of carbonyl (C=O) groups is 4. The van der Waals surface area contributed by atoms with E-state index in [2.05, 4.69) is 10.0 Å². The zero-order valence-electron chi connectivity index (χ0n) is 18.7. The van der Waals surface area contributed by atoms with Crippen molar-refractivity contribution in [2.24, 2.45) is 0 Å². The Labute approximate surface area is 197 Å². The molecule has 0 aliphatic carbocycles. The second-order valence-corrected chi connectivity index (χ2v) is 9.32. The fourth-order valence-electron chi connectivity index (χ4n) is 3.41. The molecule has 0 bridgehead atoms. The van der Waals surface area contributed by atoms with Crippen molar-refractivity contribution in [3.63, 3.8) is 0 Å². The Kier molecular flexibility index (Phi) is 7.79. The molecule has 1 aliphatic rings. The first-order valence-electron chi connectivity index (χ1n) is 10.6. The Morgan fingerprint density at radius 1 is 1.00 bits per heavy atom. The van der Waals surface area contributed by atoms with Gasteiger partial charge in [-0.3, -0.25) is 24.1 Å². The van der Waals surface area contributed by atoms with Gasteiger partial charge >= 0.3 is 5.97 Å². The molecule has 2 aromatic rings. The van der Waals surface area contributed by atoms with Gasteiger partial charge in [-0.25, -0.2) is 8.42 Å². The Morgan fingerprint density at radius 3 is 2.15 bits per heavy atom. The number of carbonyl (C=O) groups excluding carboxylic acids is 4. The highest BCUT2D eigenvalue weighted by Crippen LogP contribution is 2.23. The second-order valence-electron chi connectivity index (χ2n) is 7.61. The van der Waals surface area contributed by atoms with Crippen LogP contribution in [-0.2, 0) is 24.3 Å². The number of hydrogen-bond acceptors (Lipinski definition) is 7. The van der Waals surface area contributed by atoms with Gasteiger partial charge in [0.1, 0.15) is 12.6 Å². The topological polar surface area (TPSA) is 139 Å². The van der Waals surface area contributed by atoms with E-state index in [1.165, 1.54) is 24.3 Å². The Balaban J connectivity index is 1.77. The number of rotatable bonds is 10. The van der Waals surface area contributed by atoms with E-state index >= 15 is 0 Å². The summed E-state index contributed by atoms with van der Waals surface area (Å²) < 4.78 is 32.8. The van der Waals surface area contributed by atoms with Crippen LogP contribution in [0.15, 0.2) is 53.4 Å². The first-order valence-corrected chi connectivity index (χ1v) is 12.1. The molecule has 2 N–H and O–H groups in total. The normalized spacial score (nSPS) is 14.0. The third kappa shape index (κ3) is 5.67. The summed E-state index contributed by atoms with van der Waals surface area (Å²) in [5, 5.41) is 2.34. The highest BCUT2D eigenvalue weighted by Gasteiger charge is 2.36.